The maximum absolute atomic E-state index is 5.99. The smallest absolute Gasteiger partial charge is 0.186 e. The molecule has 1 heterocycles. The van der Waals surface area contributed by atoms with Crippen LogP contribution >= 0.6 is 0 Å². The van der Waals surface area contributed by atoms with Crippen LogP contribution in [0.25, 0.3) is 11.4 Å². The number of para-hydroxylation sites is 1. The highest BCUT2D eigenvalue weighted by molar-refractivity contribution is 5.73. The number of hydrogen-bond donors (Lipinski definition) is 1. The van der Waals surface area contributed by atoms with E-state index in [1.807, 2.05) is 32.9 Å². The molecule has 0 aliphatic heterocycles. The van der Waals surface area contributed by atoms with Crippen LogP contribution in [0.2, 0.25) is 0 Å². The van der Waals surface area contributed by atoms with Crippen LogP contribution in [0.15, 0.2) is 18.2 Å². The normalized spacial score (nSPS) is 12.3. The lowest BCUT2D eigenvalue weighted by Crippen LogP contribution is -2.15. The molecule has 1 unspecified atom stereocenters. The molecule has 0 fully saturated rings. The van der Waals surface area contributed by atoms with Crippen LogP contribution in [0.1, 0.15) is 26.8 Å². The number of nitrogens with zero attached hydrogens (tertiary/aromatic N) is 4. The second kappa shape index (κ2) is 7.03. The summed E-state index contributed by atoms with van der Waals surface area (Å²) in [5.41, 5.74) is 7.35. The highest BCUT2D eigenvalue weighted by Crippen LogP contribution is 2.34. The lowest BCUT2D eigenvalue weighted by Gasteiger charge is -2.16. The SMILES string of the molecule is CCOCC(C)n1nnnc1-c1cccc(N)c1OCC. The molecule has 2 aromatic rings. The van der Waals surface area contributed by atoms with Crippen molar-refractivity contribution in [1.29, 1.82) is 0 Å². The Balaban J connectivity index is 2.39. The maximum Gasteiger partial charge on any atom is 0.186 e. The largest absolute Gasteiger partial charge is 0.491 e. The van der Waals surface area contributed by atoms with Gasteiger partial charge in [-0.15, -0.1) is 5.10 Å². The summed E-state index contributed by atoms with van der Waals surface area (Å²) in [5, 5.41) is 11.9. The fraction of sp³-hybridized carbons (Fsp3) is 0.500. The van der Waals surface area contributed by atoms with Crippen molar-refractivity contribution in [2.24, 2.45) is 0 Å². The second-order valence-electron chi connectivity index (χ2n) is 4.61. The van der Waals surface area contributed by atoms with E-state index in [2.05, 4.69) is 15.5 Å². The fourth-order valence-electron chi connectivity index (χ4n) is 2.06. The monoisotopic (exact) mass is 291 g/mol. The van der Waals surface area contributed by atoms with E-state index in [-0.39, 0.29) is 6.04 Å². The molecular formula is C14H21N5O2. The summed E-state index contributed by atoms with van der Waals surface area (Å²) in [6, 6.07) is 5.58. The van der Waals surface area contributed by atoms with E-state index in [4.69, 9.17) is 15.2 Å². The summed E-state index contributed by atoms with van der Waals surface area (Å²) in [4.78, 5) is 0. The average molecular weight is 291 g/mol. The molecule has 7 nitrogen and oxygen atoms in total. The lowest BCUT2D eigenvalue weighted by atomic mass is 10.1. The van der Waals surface area contributed by atoms with Crippen LogP contribution < -0.4 is 10.5 Å². The van der Waals surface area contributed by atoms with E-state index in [1.165, 1.54) is 0 Å². The Morgan fingerprint density at radius 2 is 2.10 bits per heavy atom. The van der Waals surface area contributed by atoms with Gasteiger partial charge in [-0.2, -0.15) is 0 Å². The minimum atomic E-state index is 0.0193. The van der Waals surface area contributed by atoms with Crippen molar-refractivity contribution in [3.05, 3.63) is 18.2 Å². The van der Waals surface area contributed by atoms with Gasteiger partial charge < -0.3 is 15.2 Å². The van der Waals surface area contributed by atoms with Crippen molar-refractivity contribution in [1.82, 2.24) is 20.2 Å². The Bertz CT molecular complexity index is 584. The van der Waals surface area contributed by atoms with Crippen molar-refractivity contribution in [2.45, 2.75) is 26.8 Å². The number of nitrogens with two attached hydrogens (primary N) is 1. The number of anilines is 1. The van der Waals surface area contributed by atoms with E-state index in [1.54, 1.807) is 10.7 Å². The highest BCUT2D eigenvalue weighted by atomic mass is 16.5. The lowest BCUT2D eigenvalue weighted by molar-refractivity contribution is 0.115. The number of ether oxygens (including phenoxy) is 2. The molecule has 1 aromatic heterocycles. The third-order valence-electron chi connectivity index (χ3n) is 3.05. The molecule has 2 N–H and O–H groups in total. The van der Waals surface area contributed by atoms with Gasteiger partial charge in [0, 0.05) is 6.61 Å². The first kappa shape index (κ1) is 15.2. The summed E-state index contributed by atoms with van der Waals surface area (Å²) in [6.45, 7) is 7.60. The molecule has 0 radical (unpaired) electrons. The summed E-state index contributed by atoms with van der Waals surface area (Å²) >= 11 is 0. The molecule has 0 aliphatic carbocycles. The average Bonchev–Trinajstić information content (AvgIpc) is 2.96. The molecule has 0 amide bonds. The number of rotatable bonds is 7. The second-order valence-corrected chi connectivity index (χ2v) is 4.61. The van der Waals surface area contributed by atoms with Crippen LogP contribution in [0.4, 0.5) is 5.69 Å². The Morgan fingerprint density at radius 3 is 2.81 bits per heavy atom. The minimum Gasteiger partial charge on any atom is -0.491 e. The van der Waals surface area contributed by atoms with Gasteiger partial charge in [-0.05, 0) is 43.3 Å². The Morgan fingerprint density at radius 1 is 1.29 bits per heavy atom. The summed E-state index contributed by atoms with van der Waals surface area (Å²) < 4.78 is 12.8. The number of tetrazole rings is 1. The Hall–Kier alpha value is -2.15. The fourth-order valence-corrected chi connectivity index (χ4v) is 2.06. The molecule has 21 heavy (non-hydrogen) atoms. The van der Waals surface area contributed by atoms with Gasteiger partial charge in [-0.3, -0.25) is 0 Å². The molecular weight excluding hydrogens is 270 g/mol. The molecule has 1 aromatic carbocycles. The van der Waals surface area contributed by atoms with E-state index in [0.717, 1.165) is 5.56 Å². The number of benzene rings is 1. The summed E-state index contributed by atoms with van der Waals surface area (Å²) in [7, 11) is 0. The molecule has 0 saturated heterocycles. The molecule has 0 aliphatic rings. The first-order chi connectivity index (χ1) is 10.2. The first-order valence-corrected chi connectivity index (χ1v) is 7.06. The standard InChI is InChI=1S/C14H21N5O2/c1-4-20-9-10(3)19-14(16-17-18-19)11-7-6-8-12(15)13(11)21-5-2/h6-8,10H,4-5,9,15H2,1-3H3. The van der Waals surface area contributed by atoms with Crippen molar-refractivity contribution in [2.75, 3.05) is 25.6 Å². The minimum absolute atomic E-state index is 0.0193. The first-order valence-electron chi connectivity index (χ1n) is 7.06. The van der Waals surface area contributed by atoms with Gasteiger partial charge in [0.2, 0.25) is 0 Å². The molecule has 0 bridgehead atoms. The Kier molecular flexibility index (Phi) is 5.10. The maximum atomic E-state index is 5.99. The van der Waals surface area contributed by atoms with Gasteiger partial charge in [0.15, 0.2) is 11.6 Å². The zero-order valence-electron chi connectivity index (χ0n) is 12.6. The quantitative estimate of drug-likeness (QED) is 0.784. The summed E-state index contributed by atoms with van der Waals surface area (Å²) in [5.74, 6) is 1.23. The predicted molar refractivity (Wildman–Crippen MR) is 80.0 cm³/mol. The van der Waals surface area contributed by atoms with Gasteiger partial charge in [0.25, 0.3) is 0 Å². The van der Waals surface area contributed by atoms with E-state index < -0.39 is 0 Å². The number of aromatic nitrogens is 4. The van der Waals surface area contributed by atoms with Crippen molar-refractivity contribution >= 4 is 5.69 Å². The highest BCUT2D eigenvalue weighted by Gasteiger charge is 2.19. The van der Waals surface area contributed by atoms with Crippen molar-refractivity contribution in [3.63, 3.8) is 0 Å². The molecule has 114 valence electrons. The number of hydrogen-bond acceptors (Lipinski definition) is 6. The predicted octanol–water partition coefficient (Wildman–Crippen LogP) is 1.92. The van der Waals surface area contributed by atoms with Gasteiger partial charge in [-0.1, -0.05) is 6.07 Å². The van der Waals surface area contributed by atoms with Crippen LogP contribution in [0.5, 0.6) is 5.75 Å². The molecule has 1 atom stereocenters. The Labute approximate surface area is 124 Å². The van der Waals surface area contributed by atoms with E-state index >= 15 is 0 Å². The zero-order chi connectivity index (χ0) is 15.2. The van der Waals surface area contributed by atoms with Crippen LogP contribution in [-0.4, -0.2) is 40.0 Å². The van der Waals surface area contributed by atoms with Crippen molar-refractivity contribution in [3.8, 4) is 17.1 Å². The zero-order valence-corrected chi connectivity index (χ0v) is 12.6. The number of nitrogen functional groups attached to an aromatic ring is 1. The molecule has 2 rings (SSSR count). The van der Waals surface area contributed by atoms with E-state index in [9.17, 15) is 0 Å². The van der Waals surface area contributed by atoms with Crippen LogP contribution in [0.3, 0.4) is 0 Å². The molecule has 0 spiro atoms. The van der Waals surface area contributed by atoms with E-state index in [0.29, 0.717) is 37.1 Å². The molecule has 0 saturated carbocycles. The van der Waals surface area contributed by atoms with Gasteiger partial charge in [-0.25, -0.2) is 4.68 Å². The topological polar surface area (TPSA) is 88.1 Å². The van der Waals surface area contributed by atoms with Gasteiger partial charge in [0.1, 0.15) is 0 Å². The van der Waals surface area contributed by atoms with Crippen LogP contribution in [0, 0.1) is 0 Å². The third kappa shape index (κ3) is 3.30. The van der Waals surface area contributed by atoms with Gasteiger partial charge >= 0.3 is 0 Å². The van der Waals surface area contributed by atoms with Gasteiger partial charge in [0.05, 0.1) is 30.5 Å². The third-order valence-corrected chi connectivity index (χ3v) is 3.05. The van der Waals surface area contributed by atoms with Crippen LogP contribution in [-0.2, 0) is 4.74 Å². The molecule has 7 heteroatoms. The summed E-state index contributed by atoms with van der Waals surface area (Å²) in [6.07, 6.45) is 0. The van der Waals surface area contributed by atoms with Crippen molar-refractivity contribution < 1.29 is 9.47 Å².